The maximum Gasteiger partial charge on any atom is -0.0230 e. The summed E-state index contributed by atoms with van der Waals surface area (Å²) in [6, 6.07) is 8.78. The fourth-order valence-corrected chi connectivity index (χ4v) is 1.44. The van der Waals surface area contributed by atoms with Gasteiger partial charge in [-0.3, -0.25) is 0 Å². The Labute approximate surface area is 82.0 Å². The molecule has 0 bridgehead atoms. The largest absolute Gasteiger partial charge is 0.0599 e. The zero-order chi connectivity index (χ0) is 9.90. The van der Waals surface area contributed by atoms with Gasteiger partial charge in [-0.05, 0) is 36.3 Å². The van der Waals surface area contributed by atoms with E-state index in [2.05, 4.69) is 52.0 Å². The first-order valence-electron chi connectivity index (χ1n) is 4.88. The van der Waals surface area contributed by atoms with Crippen molar-refractivity contribution in [1.82, 2.24) is 0 Å². The van der Waals surface area contributed by atoms with Gasteiger partial charge < -0.3 is 0 Å². The van der Waals surface area contributed by atoms with E-state index in [1.807, 2.05) is 0 Å². The van der Waals surface area contributed by atoms with E-state index in [0.717, 1.165) is 12.8 Å². The molecule has 0 unspecified atom stereocenters. The lowest BCUT2D eigenvalue weighted by Gasteiger charge is -2.18. The van der Waals surface area contributed by atoms with Gasteiger partial charge in [-0.25, -0.2) is 0 Å². The second-order valence-corrected chi connectivity index (χ2v) is 4.80. The predicted molar refractivity (Wildman–Crippen MR) is 58.7 cm³/mol. The van der Waals surface area contributed by atoms with Crippen molar-refractivity contribution in [2.45, 2.75) is 33.6 Å². The Morgan fingerprint density at radius 2 is 1.46 bits per heavy atom. The van der Waals surface area contributed by atoms with Crippen molar-refractivity contribution >= 4 is 0 Å². The molecule has 0 atom stereocenters. The summed E-state index contributed by atoms with van der Waals surface area (Å²) in [5.41, 5.74) is 3.12. The highest BCUT2D eigenvalue weighted by Gasteiger charge is 2.10. The van der Waals surface area contributed by atoms with Crippen molar-refractivity contribution in [3.63, 3.8) is 0 Å². The average molecular weight is 175 g/mol. The quantitative estimate of drug-likeness (QED) is 0.643. The average Bonchev–Trinajstić information content (AvgIpc) is 2.03. The van der Waals surface area contributed by atoms with Gasteiger partial charge in [0.15, 0.2) is 0 Å². The molecule has 0 heteroatoms. The van der Waals surface area contributed by atoms with Crippen molar-refractivity contribution in [2.75, 3.05) is 0 Å². The molecule has 0 heterocycles. The molecule has 0 nitrogen and oxygen atoms in total. The minimum absolute atomic E-state index is 0.381. The molecule has 0 N–H and O–H groups in total. The van der Waals surface area contributed by atoms with Gasteiger partial charge in [0, 0.05) is 0 Å². The van der Waals surface area contributed by atoms with Crippen LogP contribution in [0.4, 0.5) is 0 Å². The summed E-state index contributed by atoms with van der Waals surface area (Å²) < 4.78 is 0. The van der Waals surface area contributed by atoms with E-state index in [0.29, 0.717) is 5.41 Å². The molecule has 0 aliphatic heterocycles. The molecule has 0 amide bonds. The lowest BCUT2D eigenvalue weighted by Crippen LogP contribution is -2.08. The summed E-state index contributed by atoms with van der Waals surface area (Å²) in [4.78, 5) is 0. The molecule has 0 aliphatic rings. The van der Waals surface area contributed by atoms with E-state index in [-0.39, 0.29) is 0 Å². The van der Waals surface area contributed by atoms with Gasteiger partial charge >= 0.3 is 0 Å². The summed E-state index contributed by atoms with van der Waals surface area (Å²) in [5, 5.41) is 0. The van der Waals surface area contributed by atoms with Gasteiger partial charge in [0.25, 0.3) is 0 Å². The predicted octanol–water partition coefficient (Wildman–Crippen LogP) is 3.65. The molecular weight excluding hydrogens is 156 g/mol. The molecule has 1 rings (SSSR count). The third-order valence-electron chi connectivity index (χ3n) is 2.05. The van der Waals surface area contributed by atoms with Crippen molar-refractivity contribution in [3.05, 3.63) is 42.3 Å². The zero-order valence-corrected chi connectivity index (χ0v) is 8.93. The first kappa shape index (κ1) is 10.3. The van der Waals surface area contributed by atoms with Crippen molar-refractivity contribution in [1.29, 1.82) is 0 Å². The van der Waals surface area contributed by atoms with Crippen LogP contribution in [0.5, 0.6) is 0 Å². The highest BCUT2D eigenvalue weighted by Crippen LogP contribution is 2.20. The van der Waals surface area contributed by atoms with E-state index in [1.165, 1.54) is 11.1 Å². The molecule has 0 saturated heterocycles. The Hall–Kier alpha value is -0.780. The van der Waals surface area contributed by atoms with Gasteiger partial charge in [0.05, 0.1) is 0 Å². The zero-order valence-electron chi connectivity index (χ0n) is 8.93. The Bertz CT molecular complexity index is 248. The summed E-state index contributed by atoms with van der Waals surface area (Å²) >= 11 is 0. The highest BCUT2D eigenvalue weighted by atomic mass is 14.2. The minimum atomic E-state index is 0.381. The van der Waals surface area contributed by atoms with E-state index >= 15 is 0 Å². The molecule has 0 aromatic heterocycles. The Balaban J connectivity index is 2.70. The lowest BCUT2D eigenvalue weighted by atomic mass is 9.88. The fraction of sp³-hybridized carbons (Fsp3) is 0.462. The van der Waals surface area contributed by atoms with E-state index in [1.54, 1.807) is 0 Å². The van der Waals surface area contributed by atoms with Gasteiger partial charge in [-0.1, -0.05) is 45.0 Å². The van der Waals surface area contributed by atoms with Crippen LogP contribution >= 0.6 is 0 Å². The number of hydrogen-bond acceptors (Lipinski definition) is 0. The molecule has 1 aromatic rings. The number of rotatable bonds is 2. The van der Waals surface area contributed by atoms with Crippen LogP contribution in [0.3, 0.4) is 0 Å². The van der Waals surface area contributed by atoms with Crippen molar-refractivity contribution in [2.24, 2.45) is 5.41 Å². The maximum atomic E-state index is 3.86. The minimum Gasteiger partial charge on any atom is -0.0599 e. The SMILES string of the molecule is [CH2]Cc1ccc(CC(C)(C)C)cc1. The summed E-state index contributed by atoms with van der Waals surface area (Å²) in [6.45, 7) is 10.7. The fourth-order valence-electron chi connectivity index (χ4n) is 1.44. The Kier molecular flexibility index (Phi) is 3.13. The molecule has 0 spiro atoms. The van der Waals surface area contributed by atoms with Crippen LogP contribution in [0.2, 0.25) is 0 Å². The maximum absolute atomic E-state index is 3.86. The molecular formula is C13H19. The highest BCUT2D eigenvalue weighted by molar-refractivity contribution is 5.23. The second-order valence-electron chi connectivity index (χ2n) is 4.80. The summed E-state index contributed by atoms with van der Waals surface area (Å²) in [7, 11) is 0. The normalized spacial score (nSPS) is 11.7. The molecule has 71 valence electrons. The number of benzene rings is 1. The third kappa shape index (κ3) is 3.63. The first-order chi connectivity index (χ1) is 6.01. The monoisotopic (exact) mass is 175 g/mol. The molecule has 1 aromatic carbocycles. The van der Waals surface area contributed by atoms with Crippen LogP contribution in [0.25, 0.3) is 0 Å². The third-order valence-corrected chi connectivity index (χ3v) is 2.05. The van der Waals surface area contributed by atoms with Crippen LogP contribution in [0.1, 0.15) is 31.9 Å². The van der Waals surface area contributed by atoms with Gasteiger partial charge in [-0.2, -0.15) is 0 Å². The lowest BCUT2D eigenvalue weighted by molar-refractivity contribution is 0.411. The van der Waals surface area contributed by atoms with Gasteiger partial charge in [0.2, 0.25) is 0 Å². The number of hydrogen-bond donors (Lipinski definition) is 0. The van der Waals surface area contributed by atoms with E-state index in [4.69, 9.17) is 0 Å². The standard InChI is InChI=1S/C13H19/c1-5-11-6-8-12(9-7-11)10-13(2,3)4/h6-9H,1,5,10H2,2-4H3. The van der Waals surface area contributed by atoms with Crippen LogP contribution in [0.15, 0.2) is 24.3 Å². The molecule has 0 aliphatic carbocycles. The molecule has 1 radical (unpaired) electrons. The summed E-state index contributed by atoms with van der Waals surface area (Å²) in [6.07, 6.45) is 2.03. The van der Waals surface area contributed by atoms with Crippen molar-refractivity contribution < 1.29 is 0 Å². The van der Waals surface area contributed by atoms with E-state index in [9.17, 15) is 0 Å². The Morgan fingerprint density at radius 1 is 1.00 bits per heavy atom. The van der Waals surface area contributed by atoms with Crippen LogP contribution in [-0.2, 0) is 12.8 Å². The molecule has 0 saturated carbocycles. The Morgan fingerprint density at radius 3 is 1.85 bits per heavy atom. The van der Waals surface area contributed by atoms with Crippen molar-refractivity contribution in [3.8, 4) is 0 Å². The van der Waals surface area contributed by atoms with Crippen LogP contribution in [0, 0.1) is 12.3 Å². The molecule has 13 heavy (non-hydrogen) atoms. The van der Waals surface area contributed by atoms with Gasteiger partial charge in [-0.15, -0.1) is 0 Å². The summed E-state index contributed by atoms with van der Waals surface area (Å²) in [5.74, 6) is 0. The van der Waals surface area contributed by atoms with Crippen LogP contribution < -0.4 is 0 Å². The van der Waals surface area contributed by atoms with Gasteiger partial charge in [0.1, 0.15) is 0 Å². The topological polar surface area (TPSA) is 0 Å². The van der Waals surface area contributed by atoms with E-state index < -0.39 is 0 Å². The van der Waals surface area contributed by atoms with Crippen LogP contribution in [-0.4, -0.2) is 0 Å². The first-order valence-corrected chi connectivity index (χ1v) is 4.88. The second kappa shape index (κ2) is 3.95. The smallest absolute Gasteiger partial charge is 0.0230 e. The molecule has 0 fully saturated rings.